The summed E-state index contributed by atoms with van der Waals surface area (Å²) in [5.74, 6) is -1.70. The fraction of sp³-hybridized carbons (Fsp3) is 0.0714. The van der Waals surface area contributed by atoms with Crippen LogP contribution >= 0.6 is 15.9 Å². The molecular weight excluding hydrogens is 316 g/mol. The normalized spacial score (nSPS) is 10.5. The topological polar surface area (TPSA) is 43.1 Å². The largest absolute Gasteiger partial charge is 0.398 e. The van der Waals surface area contributed by atoms with Gasteiger partial charge in [0.05, 0.1) is 0 Å². The Hall–Kier alpha value is -1.75. The first-order valence-corrected chi connectivity index (χ1v) is 6.28. The lowest BCUT2D eigenvalue weighted by Gasteiger charge is -2.06. The molecule has 0 amide bonds. The minimum Gasteiger partial charge on any atom is -0.398 e. The van der Waals surface area contributed by atoms with E-state index in [1.807, 2.05) is 0 Å². The summed E-state index contributed by atoms with van der Waals surface area (Å²) >= 11 is 3.25. The molecule has 0 saturated heterocycles. The second kappa shape index (κ2) is 5.48. The monoisotopic (exact) mass is 325 g/mol. The lowest BCUT2D eigenvalue weighted by atomic mass is 10.0. The first kappa shape index (κ1) is 13.7. The highest BCUT2D eigenvalue weighted by Gasteiger charge is 2.12. The molecule has 5 heteroatoms. The number of benzene rings is 2. The SMILES string of the molecule is Nc1ccc(Br)cc1C(=O)Cc1cc(F)cc(F)c1. The van der Waals surface area contributed by atoms with Gasteiger partial charge in [0.1, 0.15) is 11.6 Å². The first-order valence-electron chi connectivity index (χ1n) is 5.49. The fourth-order valence-electron chi connectivity index (χ4n) is 1.76. The Bertz CT molecular complexity index is 623. The van der Waals surface area contributed by atoms with Gasteiger partial charge in [-0.15, -0.1) is 0 Å². The number of rotatable bonds is 3. The number of Topliss-reactive ketones (excluding diaryl/α,β-unsaturated/α-hetero) is 1. The molecule has 0 radical (unpaired) electrons. The van der Waals surface area contributed by atoms with Crippen LogP contribution in [0.5, 0.6) is 0 Å². The number of nitrogens with two attached hydrogens (primary N) is 1. The average Bonchev–Trinajstić information content (AvgIpc) is 2.30. The zero-order valence-corrected chi connectivity index (χ0v) is 11.4. The molecule has 0 unspecified atom stereocenters. The Balaban J connectivity index is 2.28. The summed E-state index contributed by atoms with van der Waals surface area (Å²) in [6.45, 7) is 0. The summed E-state index contributed by atoms with van der Waals surface area (Å²) in [6, 6.07) is 7.94. The number of anilines is 1. The number of hydrogen-bond acceptors (Lipinski definition) is 2. The van der Waals surface area contributed by atoms with Crippen LogP contribution in [0, 0.1) is 11.6 Å². The molecule has 2 N–H and O–H groups in total. The van der Waals surface area contributed by atoms with Crippen molar-refractivity contribution in [3.05, 3.63) is 63.6 Å². The van der Waals surface area contributed by atoms with Crippen LogP contribution in [0.15, 0.2) is 40.9 Å². The number of hydrogen-bond donors (Lipinski definition) is 1. The maximum absolute atomic E-state index is 13.0. The van der Waals surface area contributed by atoms with E-state index in [4.69, 9.17) is 5.73 Å². The third-order valence-corrected chi connectivity index (χ3v) is 3.10. The van der Waals surface area contributed by atoms with E-state index < -0.39 is 11.6 Å². The molecule has 19 heavy (non-hydrogen) atoms. The van der Waals surface area contributed by atoms with Gasteiger partial charge in [0.25, 0.3) is 0 Å². The quantitative estimate of drug-likeness (QED) is 0.690. The van der Waals surface area contributed by atoms with Gasteiger partial charge in [0.15, 0.2) is 5.78 Å². The minimum atomic E-state index is -0.704. The van der Waals surface area contributed by atoms with Gasteiger partial charge in [-0.05, 0) is 35.9 Å². The van der Waals surface area contributed by atoms with Crippen LogP contribution < -0.4 is 5.73 Å². The van der Waals surface area contributed by atoms with Gasteiger partial charge in [-0.25, -0.2) is 8.78 Å². The summed E-state index contributed by atoms with van der Waals surface area (Å²) in [5, 5.41) is 0. The van der Waals surface area contributed by atoms with Crippen LogP contribution in [0.25, 0.3) is 0 Å². The van der Waals surface area contributed by atoms with Crippen molar-refractivity contribution < 1.29 is 13.6 Å². The van der Waals surface area contributed by atoms with Gasteiger partial charge in [-0.1, -0.05) is 15.9 Å². The van der Waals surface area contributed by atoms with Crippen molar-refractivity contribution in [2.75, 3.05) is 5.73 Å². The van der Waals surface area contributed by atoms with Crippen LogP contribution in [0.1, 0.15) is 15.9 Å². The van der Waals surface area contributed by atoms with E-state index in [-0.39, 0.29) is 17.8 Å². The molecule has 0 aliphatic rings. The Morgan fingerprint density at radius 2 is 1.74 bits per heavy atom. The third-order valence-electron chi connectivity index (χ3n) is 2.60. The second-order valence-corrected chi connectivity index (χ2v) is 5.02. The van der Waals surface area contributed by atoms with Gasteiger partial charge >= 0.3 is 0 Å². The van der Waals surface area contributed by atoms with E-state index in [1.165, 1.54) is 0 Å². The summed E-state index contributed by atoms with van der Waals surface area (Å²) in [7, 11) is 0. The van der Waals surface area contributed by atoms with E-state index >= 15 is 0 Å². The molecule has 2 rings (SSSR count). The highest BCUT2D eigenvalue weighted by molar-refractivity contribution is 9.10. The molecule has 0 spiro atoms. The average molecular weight is 326 g/mol. The molecule has 0 fully saturated rings. The highest BCUT2D eigenvalue weighted by Crippen LogP contribution is 2.20. The molecule has 0 aromatic heterocycles. The van der Waals surface area contributed by atoms with Crippen molar-refractivity contribution in [3.63, 3.8) is 0 Å². The molecule has 0 bridgehead atoms. The van der Waals surface area contributed by atoms with Crippen molar-refractivity contribution in [2.24, 2.45) is 0 Å². The van der Waals surface area contributed by atoms with Gasteiger partial charge < -0.3 is 5.73 Å². The van der Waals surface area contributed by atoms with Crippen molar-refractivity contribution in [1.82, 2.24) is 0 Å². The number of nitrogen functional groups attached to an aromatic ring is 1. The van der Waals surface area contributed by atoms with Crippen molar-refractivity contribution >= 4 is 27.4 Å². The molecule has 0 saturated carbocycles. The molecule has 0 heterocycles. The predicted molar refractivity (Wildman–Crippen MR) is 72.9 cm³/mol. The summed E-state index contributed by atoms with van der Waals surface area (Å²) in [6.07, 6.45) is -0.102. The third kappa shape index (κ3) is 3.38. The summed E-state index contributed by atoms with van der Waals surface area (Å²) in [4.78, 5) is 12.1. The van der Waals surface area contributed by atoms with E-state index in [9.17, 15) is 13.6 Å². The van der Waals surface area contributed by atoms with Gasteiger partial charge in [0.2, 0.25) is 0 Å². The molecule has 0 aliphatic heterocycles. The van der Waals surface area contributed by atoms with Crippen molar-refractivity contribution in [2.45, 2.75) is 6.42 Å². The molecule has 0 atom stereocenters. The lowest BCUT2D eigenvalue weighted by molar-refractivity contribution is 0.0993. The zero-order valence-electron chi connectivity index (χ0n) is 9.79. The first-order chi connectivity index (χ1) is 8.95. The smallest absolute Gasteiger partial charge is 0.169 e. The number of carbonyl (C=O) groups is 1. The number of ketones is 1. The van der Waals surface area contributed by atoms with Gasteiger partial charge in [0, 0.05) is 28.2 Å². The van der Waals surface area contributed by atoms with Crippen LogP contribution in [0.2, 0.25) is 0 Å². The molecular formula is C14H10BrF2NO. The highest BCUT2D eigenvalue weighted by atomic mass is 79.9. The molecule has 2 aromatic carbocycles. The van der Waals surface area contributed by atoms with Crippen molar-refractivity contribution in [1.29, 1.82) is 0 Å². The Labute approximate surface area is 117 Å². The van der Waals surface area contributed by atoms with Crippen LogP contribution in [0.4, 0.5) is 14.5 Å². The van der Waals surface area contributed by atoms with Crippen LogP contribution in [-0.2, 0) is 6.42 Å². The van der Waals surface area contributed by atoms with E-state index in [0.717, 1.165) is 22.7 Å². The maximum atomic E-state index is 13.0. The van der Waals surface area contributed by atoms with Crippen LogP contribution in [0.3, 0.4) is 0 Å². The number of carbonyl (C=O) groups excluding carboxylic acids is 1. The van der Waals surface area contributed by atoms with E-state index in [0.29, 0.717) is 11.3 Å². The van der Waals surface area contributed by atoms with E-state index in [1.54, 1.807) is 18.2 Å². The summed E-state index contributed by atoms with van der Waals surface area (Å²) in [5.41, 5.74) is 6.66. The van der Waals surface area contributed by atoms with Gasteiger partial charge in [-0.2, -0.15) is 0 Å². The summed E-state index contributed by atoms with van der Waals surface area (Å²) < 4.78 is 26.8. The maximum Gasteiger partial charge on any atom is 0.169 e. The van der Waals surface area contributed by atoms with Gasteiger partial charge in [-0.3, -0.25) is 4.79 Å². The predicted octanol–water partition coefficient (Wildman–Crippen LogP) is 3.73. The van der Waals surface area contributed by atoms with E-state index in [2.05, 4.69) is 15.9 Å². The zero-order chi connectivity index (χ0) is 14.0. The Morgan fingerprint density at radius 3 is 2.37 bits per heavy atom. The number of halogens is 3. The minimum absolute atomic E-state index is 0.102. The lowest BCUT2D eigenvalue weighted by Crippen LogP contribution is -2.07. The molecule has 2 nitrogen and oxygen atoms in total. The Kier molecular flexibility index (Phi) is 3.95. The van der Waals surface area contributed by atoms with Crippen molar-refractivity contribution in [3.8, 4) is 0 Å². The standard InChI is InChI=1S/C14H10BrF2NO/c15-9-1-2-13(18)12(6-9)14(19)5-8-3-10(16)7-11(17)4-8/h1-4,6-7H,5,18H2. The fourth-order valence-corrected chi connectivity index (χ4v) is 2.12. The molecule has 0 aliphatic carbocycles. The molecule has 98 valence electrons. The molecule has 2 aromatic rings. The Morgan fingerprint density at radius 1 is 1.11 bits per heavy atom. The van der Waals surface area contributed by atoms with Crippen LogP contribution in [-0.4, -0.2) is 5.78 Å². The second-order valence-electron chi connectivity index (χ2n) is 4.11.